The molecular formula is C12H23N2O2. The normalized spacial score (nSPS) is 17.5. The second kappa shape index (κ2) is 7.49. The van der Waals surface area contributed by atoms with E-state index in [0.29, 0.717) is 0 Å². The molecule has 0 atom stereocenters. The highest BCUT2D eigenvalue weighted by Crippen LogP contribution is 2.06. The lowest BCUT2D eigenvalue weighted by Crippen LogP contribution is -2.48. The number of hydrogen-bond acceptors (Lipinski definition) is 3. The Morgan fingerprint density at radius 2 is 1.88 bits per heavy atom. The van der Waals surface area contributed by atoms with Gasteiger partial charge in [0, 0.05) is 26.2 Å². The van der Waals surface area contributed by atoms with Gasteiger partial charge >= 0.3 is 6.09 Å². The minimum atomic E-state index is -0.197. The molecule has 1 radical (unpaired) electrons. The van der Waals surface area contributed by atoms with E-state index in [2.05, 4.69) is 11.8 Å². The fraction of sp³-hybridized carbons (Fsp3) is 0.833. The van der Waals surface area contributed by atoms with Crippen LogP contribution in [0.3, 0.4) is 0 Å². The van der Waals surface area contributed by atoms with Crippen molar-refractivity contribution in [1.82, 2.24) is 9.80 Å². The van der Waals surface area contributed by atoms with Crippen molar-refractivity contribution in [3.63, 3.8) is 0 Å². The molecule has 4 heteroatoms. The number of piperazine rings is 1. The average Bonchev–Trinajstić information content (AvgIpc) is 2.34. The maximum Gasteiger partial charge on any atom is 0.409 e. The fourth-order valence-electron chi connectivity index (χ4n) is 1.97. The number of rotatable bonds is 5. The maximum absolute atomic E-state index is 11.3. The van der Waals surface area contributed by atoms with Crippen molar-refractivity contribution in [2.24, 2.45) is 0 Å². The zero-order chi connectivity index (χ0) is 11.8. The highest BCUT2D eigenvalue weighted by molar-refractivity contribution is 5.67. The molecule has 0 aromatic carbocycles. The summed E-state index contributed by atoms with van der Waals surface area (Å²) in [4.78, 5) is 15.4. The van der Waals surface area contributed by atoms with E-state index in [-0.39, 0.29) is 6.09 Å². The van der Waals surface area contributed by atoms with Crippen LogP contribution in [0.1, 0.15) is 25.7 Å². The van der Waals surface area contributed by atoms with E-state index in [4.69, 9.17) is 4.74 Å². The zero-order valence-electron chi connectivity index (χ0n) is 10.3. The average molecular weight is 227 g/mol. The Morgan fingerprint density at radius 1 is 1.19 bits per heavy atom. The van der Waals surface area contributed by atoms with E-state index in [1.165, 1.54) is 26.4 Å². The number of hydrogen-bond donors (Lipinski definition) is 0. The highest BCUT2D eigenvalue weighted by Gasteiger charge is 2.20. The molecule has 0 spiro atoms. The van der Waals surface area contributed by atoms with Gasteiger partial charge in [-0.2, -0.15) is 0 Å². The third kappa shape index (κ3) is 4.39. The van der Waals surface area contributed by atoms with Gasteiger partial charge in [-0.1, -0.05) is 26.2 Å². The summed E-state index contributed by atoms with van der Waals surface area (Å²) in [7, 11) is 1.44. The number of carbonyl (C=O) groups is 1. The van der Waals surface area contributed by atoms with E-state index in [0.717, 1.165) is 39.1 Å². The number of unbranched alkanes of at least 4 members (excludes halogenated alkanes) is 3. The molecule has 0 N–H and O–H groups in total. The van der Waals surface area contributed by atoms with E-state index in [1.54, 1.807) is 4.90 Å². The molecular weight excluding hydrogens is 204 g/mol. The Balaban J connectivity index is 2.10. The third-order valence-corrected chi connectivity index (χ3v) is 3.03. The van der Waals surface area contributed by atoms with Gasteiger partial charge in [-0.15, -0.1) is 0 Å². The van der Waals surface area contributed by atoms with Gasteiger partial charge in [0.15, 0.2) is 0 Å². The largest absolute Gasteiger partial charge is 0.453 e. The van der Waals surface area contributed by atoms with Crippen LogP contribution < -0.4 is 0 Å². The van der Waals surface area contributed by atoms with E-state index in [1.807, 2.05) is 0 Å². The predicted molar refractivity (Wildman–Crippen MR) is 64.2 cm³/mol. The summed E-state index contributed by atoms with van der Waals surface area (Å²) in [6, 6.07) is 0. The van der Waals surface area contributed by atoms with Crippen molar-refractivity contribution in [3.8, 4) is 0 Å². The first kappa shape index (κ1) is 13.3. The lowest BCUT2D eigenvalue weighted by Gasteiger charge is -2.33. The standard InChI is InChI=1S/C12H23N2O2/c1-3-4-5-6-7-13-8-10-14(11-9-13)12(15)16-2/h1,3-11H2,2H3. The number of ether oxygens (including phenoxy) is 1. The summed E-state index contributed by atoms with van der Waals surface area (Å²) < 4.78 is 4.70. The second-order valence-corrected chi connectivity index (χ2v) is 4.21. The molecule has 1 rings (SSSR count). The Bertz CT molecular complexity index is 201. The van der Waals surface area contributed by atoms with Crippen LogP contribution >= 0.6 is 0 Å². The summed E-state index contributed by atoms with van der Waals surface area (Å²) in [5.74, 6) is 0. The first-order chi connectivity index (χ1) is 7.77. The molecule has 0 unspecified atom stereocenters. The van der Waals surface area contributed by atoms with Gasteiger partial charge in [-0.25, -0.2) is 4.79 Å². The van der Waals surface area contributed by atoms with Crippen molar-refractivity contribution >= 4 is 6.09 Å². The Morgan fingerprint density at radius 3 is 2.44 bits per heavy atom. The van der Waals surface area contributed by atoms with E-state index in [9.17, 15) is 4.79 Å². The van der Waals surface area contributed by atoms with Gasteiger partial charge < -0.3 is 9.64 Å². The molecule has 1 aliphatic heterocycles. The van der Waals surface area contributed by atoms with Gasteiger partial charge in [0.2, 0.25) is 0 Å². The summed E-state index contributed by atoms with van der Waals surface area (Å²) >= 11 is 0. The lowest BCUT2D eigenvalue weighted by molar-refractivity contribution is 0.0905. The van der Waals surface area contributed by atoms with Crippen LogP contribution in [0, 0.1) is 6.92 Å². The number of methoxy groups -OCH3 is 1. The van der Waals surface area contributed by atoms with Gasteiger partial charge in [-0.3, -0.25) is 4.90 Å². The number of nitrogens with zero attached hydrogens (tertiary/aromatic N) is 2. The molecule has 4 nitrogen and oxygen atoms in total. The topological polar surface area (TPSA) is 32.8 Å². The molecule has 0 bridgehead atoms. The summed E-state index contributed by atoms with van der Waals surface area (Å²) in [6.45, 7) is 8.52. The molecule has 0 saturated carbocycles. The quantitative estimate of drug-likeness (QED) is 0.671. The Labute approximate surface area is 98.5 Å². The van der Waals surface area contributed by atoms with Crippen molar-refractivity contribution in [2.45, 2.75) is 25.7 Å². The van der Waals surface area contributed by atoms with Crippen LogP contribution in [0.4, 0.5) is 4.79 Å². The van der Waals surface area contributed by atoms with E-state index >= 15 is 0 Å². The Hall–Kier alpha value is -0.770. The van der Waals surface area contributed by atoms with Gasteiger partial charge in [0.25, 0.3) is 0 Å². The molecule has 16 heavy (non-hydrogen) atoms. The van der Waals surface area contributed by atoms with Crippen LogP contribution in [0.15, 0.2) is 0 Å². The molecule has 0 aromatic rings. The van der Waals surface area contributed by atoms with Crippen LogP contribution in [0.25, 0.3) is 0 Å². The fourth-order valence-corrected chi connectivity index (χ4v) is 1.97. The predicted octanol–water partition coefficient (Wildman–Crippen LogP) is 1.76. The molecule has 0 aromatic heterocycles. The molecule has 1 fully saturated rings. The molecule has 1 amide bonds. The van der Waals surface area contributed by atoms with Crippen LogP contribution in [0.2, 0.25) is 0 Å². The molecule has 1 saturated heterocycles. The molecule has 0 aliphatic carbocycles. The minimum Gasteiger partial charge on any atom is -0.453 e. The van der Waals surface area contributed by atoms with Crippen molar-refractivity contribution in [3.05, 3.63) is 6.92 Å². The molecule has 93 valence electrons. The lowest BCUT2D eigenvalue weighted by atomic mass is 10.2. The second-order valence-electron chi connectivity index (χ2n) is 4.21. The molecule has 1 aliphatic rings. The Kier molecular flexibility index (Phi) is 6.23. The smallest absolute Gasteiger partial charge is 0.409 e. The SMILES string of the molecule is [CH2]CCCCCN1CCN(C(=O)OC)CC1. The van der Waals surface area contributed by atoms with Gasteiger partial charge in [-0.05, 0) is 13.0 Å². The van der Waals surface area contributed by atoms with Crippen molar-refractivity contribution in [1.29, 1.82) is 0 Å². The summed E-state index contributed by atoms with van der Waals surface area (Å²) in [5, 5.41) is 0. The van der Waals surface area contributed by atoms with E-state index < -0.39 is 0 Å². The third-order valence-electron chi connectivity index (χ3n) is 3.03. The van der Waals surface area contributed by atoms with Crippen LogP contribution in [-0.2, 0) is 4.74 Å². The van der Waals surface area contributed by atoms with Crippen molar-refractivity contribution in [2.75, 3.05) is 39.8 Å². The van der Waals surface area contributed by atoms with Gasteiger partial charge in [0.1, 0.15) is 0 Å². The van der Waals surface area contributed by atoms with Crippen LogP contribution in [0.5, 0.6) is 0 Å². The first-order valence-corrected chi connectivity index (χ1v) is 6.12. The minimum absolute atomic E-state index is 0.197. The maximum atomic E-state index is 11.3. The zero-order valence-corrected chi connectivity index (χ0v) is 10.3. The number of carbonyl (C=O) groups excluding carboxylic acids is 1. The summed E-state index contributed by atoms with van der Waals surface area (Å²) in [5.41, 5.74) is 0. The number of amides is 1. The molecule has 1 heterocycles. The first-order valence-electron chi connectivity index (χ1n) is 6.12. The highest BCUT2D eigenvalue weighted by atomic mass is 16.5. The monoisotopic (exact) mass is 227 g/mol. The van der Waals surface area contributed by atoms with Crippen LogP contribution in [-0.4, -0.2) is 55.7 Å². The van der Waals surface area contributed by atoms with Gasteiger partial charge in [0.05, 0.1) is 7.11 Å². The summed E-state index contributed by atoms with van der Waals surface area (Å²) in [6.07, 6.45) is 4.57. The van der Waals surface area contributed by atoms with Crippen molar-refractivity contribution < 1.29 is 9.53 Å².